The number of nitrogens with zero attached hydrogens (tertiary/aromatic N) is 4. The van der Waals surface area contributed by atoms with Gasteiger partial charge in [-0.05, 0) is 36.2 Å². The molecule has 11 heteroatoms. The molecule has 1 fully saturated rings. The predicted octanol–water partition coefficient (Wildman–Crippen LogP) is 3.27. The Bertz CT molecular complexity index is 1600. The number of rotatable bonds is 8. The first-order valence-electron chi connectivity index (χ1n) is 13.6. The van der Waals surface area contributed by atoms with Crippen molar-refractivity contribution >= 4 is 27.6 Å². The third-order valence-corrected chi connectivity index (χ3v) is 8.96. The van der Waals surface area contributed by atoms with Crippen molar-refractivity contribution in [2.45, 2.75) is 32.4 Å². The molecule has 5 rings (SSSR count). The first-order valence-corrected chi connectivity index (χ1v) is 15.9. The van der Waals surface area contributed by atoms with Gasteiger partial charge in [-0.15, -0.1) is 0 Å². The summed E-state index contributed by atoms with van der Waals surface area (Å²) in [7, 11) is -3.36. The van der Waals surface area contributed by atoms with Gasteiger partial charge in [0.25, 0.3) is 0 Å². The second-order valence-electron chi connectivity index (χ2n) is 10.4. The summed E-state index contributed by atoms with van der Waals surface area (Å²) in [6, 6.07) is 12.7. The molecule has 1 N–H and O–H groups in total. The second kappa shape index (κ2) is 12.8. The lowest BCUT2D eigenvalue weighted by atomic mass is 10.0. The fraction of sp³-hybridized carbons (Fsp3) is 0.400. The summed E-state index contributed by atoms with van der Waals surface area (Å²) in [5.41, 5.74) is 5.51. The molecule has 0 amide bonds. The summed E-state index contributed by atoms with van der Waals surface area (Å²) in [4.78, 5) is 13.5. The van der Waals surface area contributed by atoms with Gasteiger partial charge in [0.05, 0.1) is 36.6 Å². The minimum atomic E-state index is -3.36. The number of carbonyl (C=O) groups is 1. The van der Waals surface area contributed by atoms with Gasteiger partial charge in [-0.25, -0.2) is 8.42 Å². The molecule has 0 radical (unpaired) electrons. The maximum atomic E-state index is 12.4. The van der Waals surface area contributed by atoms with E-state index in [4.69, 9.17) is 26.5 Å². The lowest BCUT2D eigenvalue weighted by Gasteiger charge is -2.27. The second-order valence-corrected chi connectivity index (χ2v) is 12.8. The van der Waals surface area contributed by atoms with Crippen molar-refractivity contribution < 1.29 is 23.1 Å². The van der Waals surface area contributed by atoms with Crippen LogP contribution in [0.25, 0.3) is 11.3 Å². The topological polar surface area (TPSA) is 105 Å². The van der Waals surface area contributed by atoms with Crippen molar-refractivity contribution in [1.29, 1.82) is 0 Å². The number of aliphatic carboxylic acids is 1. The van der Waals surface area contributed by atoms with Gasteiger partial charge in [-0.2, -0.15) is 9.40 Å². The minimum Gasteiger partial charge on any atom is -0.481 e. The highest BCUT2D eigenvalue weighted by Crippen LogP contribution is 2.33. The van der Waals surface area contributed by atoms with E-state index in [0.29, 0.717) is 34.7 Å². The maximum absolute atomic E-state index is 12.4. The average molecular weight is 597 g/mol. The third kappa shape index (κ3) is 7.36. The van der Waals surface area contributed by atoms with Crippen molar-refractivity contribution in [1.82, 2.24) is 19.0 Å². The predicted molar refractivity (Wildman–Crippen MR) is 157 cm³/mol. The highest BCUT2D eigenvalue weighted by atomic mass is 35.5. The average Bonchev–Trinajstić information content (AvgIpc) is 3.30. The number of benzene rings is 2. The number of sulfonamides is 1. The number of fused-ring (bicyclic) bond motifs is 1. The van der Waals surface area contributed by atoms with E-state index in [9.17, 15) is 13.2 Å². The Morgan fingerprint density at radius 2 is 1.90 bits per heavy atom. The van der Waals surface area contributed by atoms with E-state index >= 15 is 0 Å². The molecule has 2 aliphatic heterocycles. The molecular formula is C30H33ClN4O5S. The fourth-order valence-electron chi connectivity index (χ4n) is 5.28. The normalized spacial score (nSPS) is 16.1. The van der Waals surface area contributed by atoms with Crippen molar-refractivity contribution in [2.75, 3.05) is 45.6 Å². The van der Waals surface area contributed by atoms with Crippen LogP contribution in [0.4, 0.5) is 0 Å². The van der Waals surface area contributed by atoms with E-state index in [2.05, 4.69) is 16.7 Å². The summed E-state index contributed by atoms with van der Waals surface area (Å²) in [5.74, 6) is 5.32. The van der Waals surface area contributed by atoms with Crippen LogP contribution in [-0.2, 0) is 45.5 Å². The number of halogens is 1. The number of morpholine rings is 1. The van der Waals surface area contributed by atoms with E-state index in [1.165, 1.54) is 10.6 Å². The molecule has 2 aliphatic rings. The summed E-state index contributed by atoms with van der Waals surface area (Å²) < 4.78 is 33.8. The van der Waals surface area contributed by atoms with Crippen molar-refractivity contribution in [3.05, 3.63) is 75.4 Å². The van der Waals surface area contributed by atoms with Crippen LogP contribution in [0.3, 0.4) is 0 Å². The molecule has 2 aromatic carbocycles. The third-order valence-electron chi connectivity index (χ3n) is 7.38. The molecule has 216 valence electrons. The molecule has 0 atom stereocenters. The van der Waals surface area contributed by atoms with Gasteiger partial charge in [0, 0.05) is 73.6 Å². The van der Waals surface area contributed by atoms with E-state index in [1.807, 2.05) is 22.9 Å². The minimum absolute atomic E-state index is 0.0729. The molecule has 1 saturated heterocycles. The molecule has 41 heavy (non-hydrogen) atoms. The van der Waals surface area contributed by atoms with E-state index < -0.39 is 16.0 Å². The zero-order valence-corrected chi connectivity index (χ0v) is 24.5. The van der Waals surface area contributed by atoms with E-state index in [0.717, 1.165) is 68.3 Å². The van der Waals surface area contributed by atoms with Crippen LogP contribution >= 0.6 is 11.6 Å². The number of carboxylic acids is 1. The van der Waals surface area contributed by atoms with Gasteiger partial charge < -0.3 is 9.84 Å². The highest BCUT2D eigenvalue weighted by Gasteiger charge is 2.30. The van der Waals surface area contributed by atoms with Crippen molar-refractivity contribution in [3.8, 4) is 23.1 Å². The van der Waals surface area contributed by atoms with Crippen LogP contribution in [0.15, 0.2) is 42.5 Å². The van der Waals surface area contributed by atoms with Gasteiger partial charge in [-0.3, -0.25) is 14.4 Å². The Labute approximate surface area is 245 Å². The van der Waals surface area contributed by atoms with Gasteiger partial charge >= 0.3 is 5.97 Å². The molecule has 0 unspecified atom stereocenters. The monoisotopic (exact) mass is 596 g/mol. The number of hydrogen-bond acceptors (Lipinski definition) is 6. The summed E-state index contributed by atoms with van der Waals surface area (Å²) in [6.45, 7) is 5.79. The quantitative estimate of drug-likeness (QED) is 0.398. The van der Waals surface area contributed by atoms with Crippen molar-refractivity contribution in [2.24, 2.45) is 0 Å². The Morgan fingerprint density at radius 3 is 2.66 bits per heavy atom. The van der Waals surface area contributed by atoms with Gasteiger partial charge in [0.1, 0.15) is 0 Å². The Hall–Kier alpha value is -3.20. The van der Waals surface area contributed by atoms with Crippen LogP contribution in [-0.4, -0.2) is 84.1 Å². The number of hydrogen-bond donors (Lipinski definition) is 1. The standard InChI is InChI=1S/C30H33ClN4O5S/c1-41(38,39)34-13-10-28-26(21-34)30(32-35(28)12-3-11-33-14-16-40-17-15-33)25-8-9-27(31)24(20-25)7-6-22-4-2-5-23(18-22)19-29(36)37/h2,4-5,8-9,18,20H,3,10-17,19,21H2,1H3,(H,36,37). The lowest BCUT2D eigenvalue weighted by molar-refractivity contribution is -0.136. The maximum Gasteiger partial charge on any atom is 0.307 e. The molecule has 9 nitrogen and oxygen atoms in total. The zero-order valence-electron chi connectivity index (χ0n) is 23.0. The van der Waals surface area contributed by atoms with Crippen LogP contribution in [0.5, 0.6) is 0 Å². The number of ether oxygens (including phenoxy) is 1. The Kier molecular flexibility index (Phi) is 9.12. The molecule has 3 heterocycles. The Balaban J connectivity index is 1.44. The molecular weight excluding hydrogens is 564 g/mol. The van der Waals surface area contributed by atoms with Crippen LogP contribution in [0.2, 0.25) is 5.02 Å². The summed E-state index contributed by atoms with van der Waals surface area (Å²) >= 11 is 6.52. The summed E-state index contributed by atoms with van der Waals surface area (Å²) in [5, 5.41) is 14.6. The molecule has 0 spiro atoms. The molecule has 0 saturated carbocycles. The lowest BCUT2D eigenvalue weighted by Crippen LogP contribution is -2.37. The van der Waals surface area contributed by atoms with Gasteiger partial charge in [0.2, 0.25) is 10.0 Å². The van der Waals surface area contributed by atoms with Crippen LogP contribution in [0, 0.1) is 11.8 Å². The number of aryl methyl sites for hydroxylation is 1. The smallest absolute Gasteiger partial charge is 0.307 e. The fourth-order valence-corrected chi connectivity index (χ4v) is 6.23. The molecule has 0 bridgehead atoms. The molecule has 0 aliphatic carbocycles. The van der Waals surface area contributed by atoms with Gasteiger partial charge in [-0.1, -0.05) is 41.6 Å². The first-order chi connectivity index (χ1) is 19.7. The van der Waals surface area contributed by atoms with Crippen LogP contribution < -0.4 is 0 Å². The largest absolute Gasteiger partial charge is 0.481 e. The number of aromatic nitrogens is 2. The first kappa shape index (κ1) is 29.3. The molecule has 3 aromatic rings. The summed E-state index contributed by atoms with van der Waals surface area (Å²) in [6.07, 6.45) is 2.70. The number of carboxylic acid groups (broad SMARTS) is 1. The highest BCUT2D eigenvalue weighted by molar-refractivity contribution is 7.88. The Morgan fingerprint density at radius 1 is 1.10 bits per heavy atom. The zero-order chi connectivity index (χ0) is 29.0. The van der Waals surface area contributed by atoms with E-state index in [1.54, 1.807) is 24.3 Å². The SMILES string of the molecule is CS(=O)(=O)N1CCc2c(c(-c3ccc(Cl)c(C#Cc4cccc(CC(=O)O)c4)c3)nn2CCCN2CCOCC2)C1. The van der Waals surface area contributed by atoms with Crippen LogP contribution in [0.1, 0.15) is 34.4 Å². The van der Waals surface area contributed by atoms with Gasteiger partial charge in [0.15, 0.2) is 0 Å². The van der Waals surface area contributed by atoms with E-state index in [-0.39, 0.29) is 13.0 Å². The molecule has 1 aromatic heterocycles. The van der Waals surface area contributed by atoms with Crippen molar-refractivity contribution in [3.63, 3.8) is 0 Å².